The summed E-state index contributed by atoms with van der Waals surface area (Å²) in [7, 11) is 1.95. The average molecular weight is 288 g/mol. The van der Waals surface area contributed by atoms with E-state index in [4.69, 9.17) is 0 Å². The molecular formula is C15H20N4O2. The van der Waals surface area contributed by atoms with E-state index in [0.717, 1.165) is 16.9 Å². The number of para-hydroxylation sites is 2. The molecule has 3 N–H and O–H groups in total. The lowest BCUT2D eigenvalue weighted by molar-refractivity contribution is -0.123. The molecule has 112 valence electrons. The SMILES string of the molecule is CC(NC(=O)C1CC(O)CN1)c1nc2ccccc2n1C. The van der Waals surface area contributed by atoms with E-state index in [1.165, 1.54) is 0 Å². The number of hydrogen-bond donors (Lipinski definition) is 3. The van der Waals surface area contributed by atoms with E-state index in [1.54, 1.807) is 0 Å². The van der Waals surface area contributed by atoms with E-state index >= 15 is 0 Å². The van der Waals surface area contributed by atoms with Crippen LogP contribution in [0.4, 0.5) is 0 Å². The predicted octanol–water partition coefficient (Wildman–Crippen LogP) is 0.473. The fourth-order valence-corrected chi connectivity index (χ4v) is 2.85. The highest BCUT2D eigenvalue weighted by Gasteiger charge is 2.29. The van der Waals surface area contributed by atoms with E-state index in [2.05, 4.69) is 15.6 Å². The van der Waals surface area contributed by atoms with Crippen molar-refractivity contribution < 1.29 is 9.90 Å². The third-order valence-electron chi connectivity index (χ3n) is 3.99. The van der Waals surface area contributed by atoms with Crippen LogP contribution in [0.5, 0.6) is 0 Å². The minimum Gasteiger partial charge on any atom is -0.392 e. The van der Waals surface area contributed by atoms with Crippen molar-refractivity contribution >= 4 is 16.9 Å². The number of fused-ring (bicyclic) bond motifs is 1. The summed E-state index contributed by atoms with van der Waals surface area (Å²) in [5.74, 6) is 0.731. The quantitative estimate of drug-likeness (QED) is 0.767. The van der Waals surface area contributed by atoms with E-state index in [0.29, 0.717) is 13.0 Å². The van der Waals surface area contributed by atoms with Gasteiger partial charge in [-0.25, -0.2) is 4.98 Å². The van der Waals surface area contributed by atoms with Gasteiger partial charge in [-0.15, -0.1) is 0 Å². The number of carbonyl (C=O) groups excluding carboxylic acids is 1. The van der Waals surface area contributed by atoms with Crippen LogP contribution in [0.15, 0.2) is 24.3 Å². The van der Waals surface area contributed by atoms with Crippen molar-refractivity contribution in [3.63, 3.8) is 0 Å². The maximum Gasteiger partial charge on any atom is 0.237 e. The molecule has 3 unspecified atom stereocenters. The molecule has 21 heavy (non-hydrogen) atoms. The molecule has 3 rings (SSSR count). The van der Waals surface area contributed by atoms with Gasteiger partial charge in [0.25, 0.3) is 0 Å². The molecule has 0 saturated carbocycles. The number of aromatic nitrogens is 2. The molecule has 0 radical (unpaired) electrons. The smallest absolute Gasteiger partial charge is 0.237 e. The molecule has 1 aromatic heterocycles. The normalized spacial score (nSPS) is 23.4. The Morgan fingerprint density at radius 1 is 1.52 bits per heavy atom. The summed E-state index contributed by atoms with van der Waals surface area (Å²) in [6, 6.07) is 7.39. The van der Waals surface area contributed by atoms with Gasteiger partial charge in [0.05, 0.1) is 29.2 Å². The highest BCUT2D eigenvalue weighted by atomic mass is 16.3. The summed E-state index contributed by atoms with van der Waals surface area (Å²) in [6.07, 6.45) is 0.0213. The first-order chi connectivity index (χ1) is 10.1. The number of aliphatic hydroxyl groups is 1. The summed E-state index contributed by atoms with van der Waals surface area (Å²) in [5, 5.41) is 15.5. The van der Waals surface area contributed by atoms with Crippen molar-refractivity contribution in [2.75, 3.05) is 6.54 Å². The van der Waals surface area contributed by atoms with Gasteiger partial charge in [-0.1, -0.05) is 12.1 Å². The van der Waals surface area contributed by atoms with Crippen LogP contribution >= 0.6 is 0 Å². The summed E-state index contributed by atoms with van der Waals surface area (Å²) in [6.45, 7) is 2.39. The third-order valence-corrected chi connectivity index (χ3v) is 3.99. The first-order valence-electron chi connectivity index (χ1n) is 7.19. The van der Waals surface area contributed by atoms with E-state index in [1.807, 2.05) is 42.8 Å². The second-order valence-electron chi connectivity index (χ2n) is 5.60. The Bertz CT molecular complexity index is 667. The lowest BCUT2D eigenvalue weighted by Crippen LogP contribution is -2.41. The van der Waals surface area contributed by atoms with Crippen LogP contribution in [0, 0.1) is 0 Å². The molecule has 2 aromatic rings. The van der Waals surface area contributed by atoms with Crippen molar-refractivity contribution in [3.8, 4) is 0 Å². The summed E-state index contributed by atoms with van der Waals surface area (Å²) in [4.78, 5) is 16.8. The van der Waals surface area contributed by atoms with Gasteiger partial charge in [0, 0.05) is 13.6 Å². The predicted molar refractivity (Wildman–Crippen MR) is 79.7 cm³/mol. The van der Waals surface area contributed by atoms with Gasteiger partial charge in [0.15, 0.2) is 0 Å². The zero-order valence-corrected chi connectivity index (χ0v) is 12.2. The van der Waals surface area contributed by atoms with Crippen LogP contribution < -0.4 is 10.6 Å². The number of aryl methyl sites for hydroxylation is 1. The van der Waals surface area contributed by atoms with Crippen molar-refractivity contribution in [2.45, 2.75) is 31.5 Å². The van der Waals surface area contributed by atoms with Gasteiger partial charge >= 0.3 is 0 Å². The van der Waals surface area contributed by atoms with Crippen LogP contribution in [-0.4, -0.2) is 39.3 Å². The van der Waals surface area contributed by atoms with E-state index in [-0.39, 0.29) is 18.0 Å². The molecule has 1 saturated heterocycles. The Morgan fingerprint density at radius 3 is 2.95 bits per heavy atom. The summed E-state index contributed by atoms with van der Waals surface area (Å²) >= 11 is 0. The van der Waals surface area contributed by atoms with Crippen LogP contribution in [-0.2, 0) is 11.8 Å². The minimum absolute atomic E-state index is 0.0916. The number of carbonyl (C=O) groups is 1. The lowest BCUT2D eigenvalue weighted by Gasteiger charge is -2.17. The van der Waals surface area contributed by atoms with Gasteiger partial charge < -0.3 is 20.3 Å². The lowest BCUT2D eigenvalue weighted by atomic mass is 10.2. The summed E-state index contributed by atoms with van der Waals surface area (Å²) < 4.78 is 2.00. The largest absolute Gasteiger partial charge is 0.392 e. The molecule has 1 fully saturated rings. The molecule has 1 aliphatic rings. The number of β-amino-alcohol motifs (C(OH)–C–C–N with tert-alkyl or cyclic N) is 1. The Morgan fingerprint density at radius 2 is 2.29 bits per heavy atom. The average Bonchev–Trinajstić information content (AvgIpc) is 3.04. The van der Waals surface area contributed by atoms with Crippen LogP contribution in [0.1, 0.15) is 25.2 Å². The van der Waals surface area contributed by atoms with Gasteiger partial charge in [-0.2, -0.15) is 0 Å². The third kappa shape index (κ3) is 2.64. The van der Waals surface area contributed by atoms with Crippen LogP contribution in [0.3, 0.4) is 0 Å². The molecule has 0 aliphatic carbocycles. The monoisotopic (exact) mass is 288 g/mol. The molecule has 1 aromatic carbocycles. The zero-order valence-electron chi connectivity index (χ0n) is 12.2. The second kappa shape index (κ2) is 5.46. The number of nitrogens with one attached hydrogen (secondary N) is 2. The van der Waals surface area contributed by atoms with Crippen molar-refractivity contribution in [2.24, 2.45) is 7.05 Å². The van der Waals surface area contributed by atoms with Gasteiger partial charge in [-0.05, 0) is 25.5 Å². The maximum absolute atomic E-state index is 12.2. The van der Waals surface area contributed by atoms with Crippen LogP contribution in [0.25, 0.3) is 11.0 Å². The Hall–Kier alpha value is -1.92. The Balaban J connectivity index is 1.76. The second-order valence-corrected chi connectivity index (χ2v) is 5.60. The molecule has 3 atom stereocenters. The zero-order chi connectivity index (χ0) is 15.0. The fraction of sp³-hybridized carbons (Fsp3) is 0.467. The first-order valence-corrected chi connectivity index (χ1v) is 7.19. The number of hydrogen-bond acceptors (Lipinski definition) is 4. The molecule has 1 aliphatic heterocycles. The summed E-state index contributed by atoms with van der Waals surface area (Å²) in [5.41, 5.74) is 1.97. The standard InChI is InChI=1S/C15H20N4O2/c1-9(17-15(21)12-7-10(20)8-16-12)14-18-11-5-3-4-6-13(11)19(14)2/h3-6,9-10,12,16,20H,7-8H2,1-2H3,(H,17,21). The van der Waals surface area contributed by atoms with Gasteiger partial charge in [0.2, 0.25) is 5.91 Å². The van der Waals surface area contributed by atoms with Crippen molar-refractivity contribution in [3.05, 3.63) is 30.1 Å². The highest BCUT2D eigenvalue weighted by Crippen LogP contribution is 2.19. The molecule has 0 spiro atoms. The number of nitrogens with zero attached hydrogens (tertiary/aromatic N) is 2. The highest BCUT2D eigenvalue weighted by molar-refractivity contribution is 5.82. The number of amides is 1. The molecule has 6 heteroatoms. The number of rotatable bonds is 3. The first kappa shape index (κ1) is 14.0. The minimum atomic E-state index is -0.438. The van der Waals surface area contributed by atoms with Crippen molar-refractivity contribution in [1.29, 1.82) is 0 Å². The number of benzene rings is 1. The number of imidazole rings is 1. The van der Waals surface area contributed by atoms with Gasteiger partial charge in [0.1, 0.15) is 5.82 Å². The van der Waals surface area contributed by atoms with E-state index in [9.17, 15) is 9.90 Å². The van der Waals surface area contributed by atoms with Crippen LogP contribution in [0.2, 0.25) is 0 Å². The molecule has 1 amide bonds. The number of aliphatic hydroxyl groups excluding tert-OH is 1. The van der Waals surface area contributed by atoms with Crippen molar-refractivity contribution in [1.82, 2.24) is 20.2 Å². The Labute approximate surface area is 123 Å². The topological polar surface area (TPSA) is 79.2 Å². The van der Waals surface area contributed by atoms with Gasteiger partial charge in [-0.3, -0.25) is 4.79 Å². The molecular weight excluding hydrogens is 268 g/mol. The molecule has 2 heterocycles. The fourth-order valence-electron chi connectivity index (χ4n) is 2.85. The van der Waals surface area contributed by atoms with E-state index < -0.39 is 6.10 Å². The Kier molecular flexibility index (Phi) is 3.65. The molecule has 6 nitrogen and oxygen atoms in total. The maximum atomic E-state index is 12.2. The molecule has 0 bridgehead atoms.